The fraction of sp³-hybridized carbons (Fsp3) is 0.241. The molecule has 0 radical (unpaired) electrons. The maximum absolute atomic E-state index is 13.5. The summed E-state index contributed by atoms with van der Waals surface area (Å²) in [5.41, 5.74) is 2.85. The number of methoxy groups -OCH3 is 1. The second-order valence-electron chi connectivity index (χ2n) is 8.84. The van der Waals surface area contributed by atoms with Gasteiger partial charge in [-0.2, -0.15) is 0 Å². The smallest absolute Gasteiger partial charge is 0.338 e. The van der Waals surface area contributed by atoms with Crippen molar-refractivity contribution in [2.24, 2.45) is 0 Å². The van der Waals surface area contributed by atoms with Gasteiger partial charge in [-0.15, -0.1) is 0 Å². The van der Waals surface area contributed by atoms with E-state index in [9.17, 15) is 19.2 Å². The summed E-state index contributed by atoms with van der Waals surface area (Å²) in [7, 11) is 1.55. The molecule has 1 heterocycles. The molecule has 0 saturated carbocycles. The molecule has 1 N–H and O–H groups in total. The molecule has 3 aromatic rings. The van der Waals surface area contributed by atoms with Crippen LogP contribution in [0.3, 0.4) is 0 Å². The summed E-state index contributed by atoms with van der Waals surface area (Å²) in [6.45, 7) is 3.96. The summed E-state index contributed by atoms with van der Waals surface area (Å²) in [4.78, 5) is 54.7. The predicted octanol–water partition coefficient (Wildman–Crippen LogP) is 4.55. The molecule has 9 heteroatoms. The molecule has 1 aliphatic heterocycles. The molecular formula is C29H29N3O6. The molecular weight excluding hydrogens is 486 g/mol. The van der Waals surface area contributed by atoms with Crippen molar-refractivity contribution in [1.29, 1.82) is 0 Å². The topological polar surface area (TPSA) is 105 Å². The van der Waals surface area contributed by atoms with Crippen LogP contribution in [-0.4, -0.2) is 48.5 Å². The lowest BCUT2D eigenvalue weighted by atomic mass is 10.1. The molecule has 4 rings (SSSR count). The average molecular weight is 516 g/mol. The number of rotatable bonds is 9. The third kappa shape index (κ3) is 5.83. The summed E-state index contributed by atoms with van der Waals surface area (Å²) >= 11 is 0. The number of amides is 4. The van der Waals surface area contributed by atoms with Crippen LogP contribution in [0.4, 0.5) is 16.2 Å². The number of imide groups is 1. The lowest BCUT2D eigenvalue weighted by Crippen LogP contribution is -2.37. The summed E-state index contributed by atoms with van der Waals surface area (Å²) in [5, 5.41) is 2.73. The summed E-state index contributed by atoms with van der Waals surface area (Å²) in [6.07, 6.45) is -0.263. The number of carbonyl (C=O) groups excluding carboxylic acids is 4. The highest BCUT2D eigenvalue weighted by Gasteiger charge is 2.46. The first-order valence-corrected chi connectivity index (χ1v) is 12.2. The Morgan fingerprint density at radius 1 is 0.974 bits per heavy atom. The lowest BCUT2D eigenvalue weighted by molar-refractivity contribution is -0.124. The number of benzene rings is 3. The van der Waals surface area contributed by atoms with Gasteiger partial charge in [0, 0.05) is 12.2 Å². The van der Waals surface area contributed by atoms with Crippen molar-refractivity contribution in [2.45, 2.75) is 32.9 Å². The normalized spacial score (nSPS) is 15.0. The third-order valence-electron chi connectivity index (χ3n) is 6.13. The van der Waals surface area contributed by atoms with Crippen LogP contribution in [0.1, 0.15) is 34.8 Å². The van der Waals surface area contributed by atoms with Gasteiger partial charge in [0.15, 0.2) is 0 Å². The van der Waals surface area contributed by atoms with Crippen molar-refractivity contribution in [1.82, 2.24) is 4.90 Å². The van der Waals surface area contributed by atoms with E-state index in [-0.39, 0.29) is 19.6 Å². The number of hydrogen-bond donors (Lipinski definition) is 1. The quantitative estimate of drug-likeness (QED) is 0.331. The number of anilines is 2. The number of carbonyl (C=O) groups is 4. The number of hydrogen-bond acceptors (Lipinski definition) is 6. The van der Waals surface area contributed by atoms with E-state index in [0.29, 0.717) is 22.7 Å². The first-order chi connectivity index (χ1) is 18.3. The Morgan fingerprint density at radius 2 is 1.71 bits per heavy atom. The van der Waals surface area contributed by atoms with E-state index in [4.69, 9.17) is 9.47 Å². The number of urea groups is 1. The highest BCUT2D eigenvalue weighted by Crippen LogP contribution is 2.29. The van der Waals surface area contributed by atoms with E-state index in [2.05, 4.69) is 5.32 Å². The van der Waals surface area contributed by atoms with Gasteiger partial charge in [-0.1, -0.05) is 35.9 Å². The average Bonchev–Trinajstić information content (AvgIpc) is 3.13. The van der Waals surface area contributed by atoms with Gasteiger partial charge in [-0.3, -0.25) is 9.59 Å². The van der Waals surface area contributed by atoms with E-state index in [1.807, 2.05) is 25.1 Å². The molecule has 1 atom stereocenters. The Kier molecular flexibility index (Phi) is 8.06. The monoisotopic (exact) mass is 515 g/mol. The molecule has 0 unspecified atom stereocenters. The molecule has 1 fully saturated rings. The van der Waals surface area contributed by atoms with E-state index in [1.54, 1.807) is 62.6 Å². The molecule has 4 amide bonds. The van der Waals surface area contributed by atoms with Crippen molar-refractivity contribution in [3.8, 4) is 5.75 Å². The number of nitrogens with zero attached hydrogens (tertiary/aromatic N) is 2. The highest BCUT2D eigenvalue weighted by atomic mass is 16.5. The van der Waals surface area contributed by atoms with Crippen LogP contribution in [0.2, 0.25) is 0 Å². The van der Waals surface area contributed by atoms with Crippen LogP contribution in [0.5, 0.6) is 5.75 Å². The SMILES string of the molecule is CCOC(=O)c1cccc(NC(=O)C[C@H]2C(=O)N(c3ccc(C)cc3)C(=O)N2Cc2cccc(OC)c2)c1. The van der Waals surface area contributed by atoms with E-state index in [1.165, 1.54) is 11.0 Å². The van der Waals surface area contributed by atoms with Gasteiger partial charge in [-0.05, 0) is 61.9 Å². The van der Waals surface area contributed by atoms with Gasteiger partial charge < -0.3 is 19.7 Å². The molecule has 0 aromatic heterocycles. The van der Waals surface area contributed by atoms with Crippen LogP contribution in [-0.2, 0) is 20.9 Å². The second-order valence-corrected chi connectivity index (χ2v) is 8.84. The van der Waals surface area contributed by atoms with Crippen molar-refractivity contribution >= 4 is 35.2 Å². The van der Waals surface area contributed by atoms with Crippen molar-refractivity contribution in [2.75, 3.05) is 23.9 Å². The fourth-order valence-electron chi connectivity index (χ4n) is 4.24. The Bertz CT molecular complexity index is 1350. The minimum absolute atomic E-state index is 0.112. The Hall–Kier alpha value is -4.66. The van der Waals surface area contributed by atoms with Gasteiger partial charge in [0.05, 0.1) is 31.4 Å². The van der Waals surface area contributed by atoms with E-state index >= 15 is 0 Å². The van der Waals surface area contributed by atoms with Gasteiger partial charge in [0.2, 0.25) is 5.91 Å². The van der Waals surface area contributed by atoms with E-state index < -0.39 is 29.9 Å². The molecule has 0 aliphatic carbocycles. The standard InChI is InChI=1S/C29H29N3O6/c1-4-38-28(35)21-8-6-9-22(16-21)30-26(33)17-25-27(34)32(23-13-11-19(2)12-14-23)29(36)31(25)18-20-7-5-10-24(15-20)37-3/h5-16,25H,4,17-18H2,1-3H3,(H,30,33)/t25-/m0/s1. The molecule has 1 saturated heterocycles. The molecule has 3 aromatic carbocycles. The first-order valence-electron chi connectivity index (χ1n) is 12.2. The van der Waals surface area contributed by atoms with Gasteiger partial charge in [0.25, 0.3) is 5.91 Å². The molecule has 1 aliphatic rings. The zero-order valence-electron chi connectivity index (χ0n) is 21.5. The van der Waals surface area contributed by atoms with Crippen molar-refractivity contribution in [3.63, 3.8) is 0 Å². The zero-order valence-corrected chi connectivity index (χ0v) is 21.5. The molecule has 0 spiro atoms. The van der Waals surface area contributed by atoms with Crippen molar-refractivity contribution < 1.29 is 28.7 Å². The summed E-state index contributed by atoms with van der Waals surface area (Å²) in [5.74, 6) is -0.847. The predicted molar refractivity (Wildman–Crippen MR) is 142 cm³/mol. The van der Waals surface area contributed by atoms with Crippen LogP contribution < -0.4 is 15.0 Å². The largest absolute Gasteiger partial charge is 0.497 e. The maximum atomic E-state index is 13.5. The maximum Gasteiger partial charge on any atom is 0.338 e. The lowest BCUT2D eigenvalue weighted by Gasteiger charge is -2.22. The zero-order chi connectivity index (χ0) is 27.2. The summed E-state index contributed by atoms with van der Waals surface area (Å²) < 4.78 is 10.3. The fourth-order valence-corrected chi connectivity index (χ4v) is 4.24. The van der Waals surface area contributed by atoms with Crippen LogP contribution in [0, 0.1) is 6.92 Å². The van der Waals surface area contributed by atoms with Gasteiger partial charge >= 0.3 is 12.0 Å². The molecule has 0 bridgehead atoms. The minimum Gasteiger partial charge on any atom is -0.497 e. The van der Waals surface area contributed by atoms with Gasteiger partial charge in [0.1, 0.15) is 11.8 Å². The van der Waals surface area contributed by atoms with Crippen LogP contribution in [0.25, 0.3) is 0 Å². The molecule has 38 heavy (non-hydrogen) atoms. The van der Waals surface area contributed by atoms with Crippen LogP contribution in [0.15, 0.2) is 72.8 Å². The number of nitrogens with one attached hydrogen (secondary N) is 1. The third-order valence-corrected chi connectivity index (χ3v) is 6.13. The minimum atomic E-state index is -1.02. The van der Waals surface area contributed by atoms with Crippen molar-refractivity contribution in [3.05, 3.63) is 89.5 Å². The highest BCUT2D eigenvalue weighted by molar-refractivity contribution is 6.22. The van der Waals surface area contributed by atoms with E-state index in [0.717, 1.165) is 16.0 Å². The Labute approximate surface area is 220 Å². The number of aryl methyl sites for hydroxylation is 1. The Balaban J connectivity index is 1.58. The van der Waals surface area contributed by atoms with Crippen LogP contribution >= 0.6 is 0 Å². The number of ether oxygens (including phenoxy) is 2. The second kappa shape index (κ2) is 11.6. The molecule has 196 valence electrons. The Morgan fingerprint density at radius 3 is 2.42 bits per heavy atom. The first kappa shape index (κ1) is 26.4. The summed E-state index contributed by atoms with van der Waals surface area (Å²) in [6, 6.07) is 19.1. The number of esters is 1. The van der Waals surface area contributed by atoms with Gasteiger partial charge in [-0.25, -0.2) is 14.5 Å². The molecule has 9 nitrogen and oxygen atoms in total.